The molecular weight excluding hydrogens is 524 g/mol. The van der Waals surface area contributed by atoms with Gasteiger partial charge in [0.25, 0.3) is 0 Å². The van der Waals surface area contributed by atoms with E-state index in [-0.39, 0.29) is 23.3 Å². The van der Waals surface area contributed by atoms with Crippen molar-refractivity contribution in [2.24, 2.45) is 33.1 Å². The normalized spacial score (nSPS) is 14.7. The number of carbonyl (C=O) groups is 3. The van der Waals surface area contributed by atoms with E-state index in [1.54, 1.807) is 13.8 Å². The van der Waals surface area contributed by atoms with Crippen LogP contribution in [0.4, 0.5) is 0 Å². The highest BCUT2D eigenvalue weighted by molar-refractivity contribution is 7.80. The number of carbonyl (C=O) groups excluding carboxylic acids is 3. The minimum atomic E-state index is -0.702. The van der Waals surface area contributed by atoms with E-state index in [1.165, 1.54) is 12.8 Å². The Bertz CT molecular complexity index is 719. The highest BCUT2D eigenvalue weighted by Crippen LogP contribution is 2.38. The van der Waals surface area contributed by atoms with E-state index in [0.717, 1.165) is 44.9 Å². The maximum Gasteiger partial charge on any atom is 0.311 e. The summed E-state index contributed by atoms with van der Waals surface area (Å²) in [7, 11) is 0. The Kier molecular flexibility index (Phi) is 19.6. The Labute approximate surface area is 251 Å². The first-order chi connectivity index (χ1) is 18.4. The lowest BCUT2D eigenvalue weighted by Gasteiger charge is -2.34. The molecule has 0 aliphatic heterocycles. The third-order valence-electron chi connectivity index (χ3n) is 8.01. The summed E-state index contributed by atoms with van der Waals surface area (Å²) in [6, 6.07) is 0. The monoisotopic (exact) mass is 586 g/mol. The van der Waals surface area contributed by atoms with Crippen LogP contribution in [0.3, 0.4) is 0 Å². The molecule has 8 heteroatoms. The van der Waals surface area contributed by atoms with Crippen molar-refractivity contribution in [3.05, 3.63) is 0 Å². The topological polar surface area (TPSA) is 122 Å². The highest BCUT2D eigenvalue weighted by atomic mass is 32.1. The zero-order valence-electron chi connectivity index (χ0n) is 27.5. The molecule has 0 aromatic carbocycles. The summed E-state index contributed by atoms with van der Waals surface area (Å²) in [6.07, 6.45) is 11.1. The van der Waals surface area contributed by atoms with Crippen molar-refractivity contribution in [3.63, 3.8) is 0 Å². The first-order valence-corrected chi connectivity index (χ1v) is 15.7. The van der Waals surface area contributed by atoms with Gasteiger partial charge in [-0.3, -0.25) is 14.4 Å². The van der Waals surface area contributed by atoms with Crippen LogP contribution in [0, 0.1) is 21.7 Å². The Morgan fingerprint density at radius 2 is 0.950 bits per heavy atom. The van der Waals surface area contributed by atoms with Crippen LogP contribution in [-0.4, -0.2) is 36.0 Å². The molecule has 0 heterocycles. The van der Waals surface area contributed by atoms with E-state index in [4.69, 9.17) is 33.2 Å². The Hall–Kier alpha value is -1.70. The number of thiocarbonyl (C=S) groups is 1. The third-order valence-corrected chi connectivity index (χ3v) is 8.56. The number of rotatable bonds is 20. The summed E-state index contributed by atoms with van der Waals surface area (Å²) in [5, 5.41) is 0. The number of hydrogen-bond acceptors (Lipinski definition) is 6. The average molecular weight is 587 g/mol. The minimum absolute atomic E-state index is 0.124. The summed E-state index contributed by atoms with van der Waals surface area (Å²) in [5.41, 5.74) is 8.96. The van der Waals surface area contributed by atoms with Gasteiger partial charge in [0.2, 0.25) is 5.91 Å². The fourth-order valence-electron chi connectivity index (χ4n) is 4.54. The maximum absolute atomic E-state index is 12.3. The smallest absolute Gasteiger partial charge is 0.311 e. The fourth-order valence-corrected chi connectivity index (χ4v) is 4.62. The molecule has 236 valence electrons. The summed E-state index contributed by atoms with van der Waals surface area (Å²) in [5.74, 6) is -0.723. The Morgan fingerprint density at radius 1 is 0.600 bits per heavy atom. The fraction of sp³-hybridized carbons (Fsp3) is 0.875. The molecule has 2 atom stereocenters. The highest BCUT2D eigenvalue weighted by Gasteiger charge is 2.41. The van der Waals surface area contributed by atoms with Gasteiger partial charge in [0.05, 0.1) is 29.0 Å². The second kappa shape index (κ2) is 19.4. The molecular formula is C32H62N2O5S. The lowest BCUT2D eigenvalue weighted by molar-refractivity contribution is -0.158. The molecule has 0 aliphatic carbocycles. The van der Waals surface area contributed by atoms with Gasteiger partial charge in [0, 0.05) is 10.8 Å². The van der Waals surface area contributed by atoms with Gasteiger partial charge in [0.15, 0.2) is 0 Å². The van der Waals surface area contributed by atoms with Gasteiger partial charge < -0.3 is 20.9 Å². The summed E-state index contributed by atoms with van der Waals surface area (Å²) in [6.45, 7) is 20.6. The maximum atomic E-state index is 12.3. The standard InChI is InChI=1S/C16H31NO3.C16H31NO2S/c1-6-8-9-10-11-20-14(19)16(5,7-2)12-15(3,4)13(17)18;1-6-8-9-10-11-19-14(18)16(5,7-2)12-15(3,4)13(17)20/h6-12H2,1-5H3,(H2,17,18);6-12H2,1-5H3,(H2,17,20). The minimum Gasteiger partial charge on any atom is -0.465 e. The van der Waals surface area contributed by atoms with Gasteiger partial charge in [-0.2, -0.15) is 0 Å². The van der Waals surface area contributed by atoms with Crippen LogP contribution in [0.2, 0.25) is 0 Å². The van der Waals surface area contributed by atoms with Crippen LogP contribution in [0.25, 0.3) is 0 Å². The summed E-state index contributed by atoms with van der Waals surface area (Å²) in [4.78, 5) is 36.5. The molecule has 0 spiro atoms. The molecule has 40 heavy (non-hydrogen) atoms. The molecule has 0 radical (unpaired) electrons. The molecule has 0 aromatic heterocycles. The van der Waals surface area contributed by atoms with Crippen LogP contribution in [-0.2, 0) is 23.9 Å². The number of primary amides is 1. The van der Waals surface area contributed by atoms with Crippen molar-refractivity contribution in [2.75, 3.05) is 13.2 Å². The molecule has 0 bridgehead atoms. The van der Waals surface area contributed by atoms with E-state index in [1.807, 2.05) is 41.5 Å². The van der Waals surface area contributed by atoms with Crippen LogP contribution in [0.15, 0.2) is 0 Å². The third kappa shape index (κ3) is 15.3. The second-order valence-corrected chi connectivity index (χ2v) is 13.5. The van der Waals surface area contributed by atoms with Crippen molar-refractivity contribution in [2.45, 2.75) is 146 Å². The van der Waals surface area contributed by atoms with Crippen molar-refractivity contribution >= 4 is 35.1 Å². The van der Waals surface area contributed by atoms with E-state index in [9.17, 15) is 14.4 Å². The van der Waals surface area contributed by atoms with E-state index in [2.05, 4.69) is 13.8 Å². The predicted octanol–water partition coefficient (Wildman–Crippen LogP) is 7.66. The van der Waals surface area contributed by atoms with Gasteiger partial charge in [-0.15, -0.1) is 0 Å². The zero-order chi connectivity index (χ0) is 31.6. The number of nitrogens with two attached hydrogens (primary N) is 2. The lowest BCUT2D eigenvalue weighted by Crippen LogP contribution is -2.40. The molecule has 0 saturated heterocycles. The molecule has 7 nitrogen and oxygen atoms in total. The van der Waals surface area contributed by atoms with Gasteiger partial charge >= 0.3 is 11.9 Å². The molecule has 0 aliphatic rings. The van der Waals surface area contributed by atoms with Gasteiger partial charge in [-0.05, 0) is 52.4 Å². The average Bonchev–Trinajstić information content (AvgIpc) is 2.87. The zero-order valence-corrected chi connectivity index (χ0v) is 28.3. The van der Waals surface area contributed by atoms with Crippen molar-refractivity contribution in [1.29, 1.82) is 0 Å². The molecule has 0 rings (SSSR count). The number of esters is 2. The van der Waals surface area contributed by atoms with Crippen LogP contribution >= 0.6 is 12.2 Å². The number of amides is 1. The van der Waals surface area contributed by atoms with Gasteiger partial charge in [-0.1, -0.05) is 106 Å². The SMILES string of the molecule is CCCCCCOC(=O)C(C)(CC)CC(C)(C)C(N)=O.CCCCCCOC(=O)C(C)(CC)CC(C)(C)C(N)=S. The van der Waals surface area contributed by atoms with Crippen molar-refractivity contribution < 1.29 is 23.9 Å². The first-order valence-electron chi connectivity index (χ1n) is 15.3. The van der Waals surface area contributed by atoms with E-state index >= 15 is 0 Å². The Morgan fingerprint density at radius 3 is 1.23 bits per heavy atom. The van der Waals surface area contributed by atoms with Crippen molar-refractivity contribution in [1.82, 2.24) is 0 Å². The first kappa shape index (κ1) is 40.4. The predicted molar refractivity (Wildman–Crippen MR) is 170 cm³/mol. The second-order valence-electron chi connectivity index (χ2n) is 13.1. The van der Waals surface area contributed by atoms with Crippen LogP contribution in [0.1, 0.15) is 146 Å². The quantitative estimate of drug-likeness (QED) is 0.0853. The number of unbranched alkanes of at least 4 members (excludes halogenated alkanes) is 6. The Balaban J connectivity index is 0. The van der Waals surface area contributed by atoms with Crippen molar-refractivity contribution in [3.8, 4) is 0 Å². The molecule has 0 fully saturated rings. The number of hydrogen-bond donors (Lipinski definition) is 2. The number of ether oxygens (including phenoxy) is 2. The summed E-state index contributed by atoms with van der Waals surface area (Å²) >= 11 is 5.10. The largest absolute Gasteiger partial charge is 0.465 e. The van der Waals surface area contributed by atoms with Gasteiger partial charge in [-0.25, -0.2) is 0 Å². The molecule has 2 unspecified atom stereocenters. The molecule has 0 saturated carbocycles. The van der Waals surface area contributed by atoms with Gasteiger partial charge in [0.1, 0.15) is 0 Å². The molecule has 0 aromatic rings. The van der Waals surface area contributed by atoms with E-state index < -0.39 is 16.2 Å². The van der Waals surface area contributed by atoms with E-state index in [0.29, 0.717) is 37.5 Å². The molecule has 4 N–H and O–H groups in total. The van der Waals surface area contributed by atoms with Crippen LogP contribution < -0.4 is 11.5 Å². The lowest BCUT2D eigenvalue weighted by atomic mass is 9.72. The summed E-state index contributed by atoms with van der Waals surface area (Å²) < 4.78 is 10.8. The molecule has 1 amide bonds. The van der Waals surface area contributed by atoms with Crippen LogP contribution in [0.5, 0.6) is 0 Å².